The average Bonchev–Trinajstić information content (AvgIpc) is 3.39. The number of anilines is 1. The smallest absolute Gasteiger partial charge is 0.311 e. The van der Waals surface area contributed by atoms with Crippen LogP contribution in [0.5, 0.6) is 0 Å². The van der Waals surface area contributed by atoms with Gasteiger partial charge in [-0.05, 0) is 54.8 Å². The molecule has 0 N–H and O–H groups in total. The molecular formula is C22H19FN2O4S. The third-order valence-electron chi connectivity index (χ3n) is 4.85. The van der Waals surface area contributed by atoms with E-state index in [0.717, 1.165) is 10.6 Å². The minimum absolute atomic E-state index is 0.0589. The van der Waals surface area contributed by atoms with Gasteiger partial charge in [-0.2, -0.15) is 0 Å². The number of benzene rings is 2. The molecule has 3 aromatic rings. The van der Waals surface area contributed by atoms with Crippen LogP contribution in [-0.4, -0.2) is 29.7 Å². The monoisotopic (exact) mass is 426 g/mol. The van der Waals surface area contributed by atoms with Crippen LogP contribution in [0.3, 0.4) is 0 Å². The van der Waals surface area contributed by atoms with Crippen LogP contribution in [-0.2, 0) is 20.9 Å². The Kier molecular flexibility index (Phi) is 5.85. The molecule has 1 aliphatic rings. The van der Waals surface area contributed by atoms with Crippen molar-refractivity contribution in [1.82, 2.24) is 4.98 Å². The molecule has 1 fully saturated rings. The number of aromatic nitrogens is 1. The first-order chi connectivity index (χ1) is 14.5. The standard InChI is InChI=1S/C22H19FN2O4S/c1-30-19-8-6-18(7-9-19)25-11-15(10-20(25)26)22(27)29-13-17-12-28-21(24-17)14-2-4-16(23)5-3-14/h2-9,12,15H,10-11,13H2,1H3. The molecule has 2 aromatic carbocycles. The van der Waals surface area contributed by atoms with Gasteiger partial charge in [0.05, 0.1) is 5.92 Å². The highest BCUT2D eigenvalue weighted by atomic mass is 32.2. The largest absolute Gasteiger partial charge is 0.459 e. The molecule has 154 valence electrons. The second-order valence-electron chi connectivity index (χ2n) is 6.86. The summed E-state index contributed by atoms with van der Waals surface area (Å²) in [5.41, 5.74) is 1.84. The summed E-state index contributed by atoms with van der Waals surface area (Å²) < 4.78 is 23.7. The van der Waals surface area contributed by atoms with Gasteiger partial charge in [0.1, 0.15) is 24.4 Å². The second-order valence-corrected chi connectivity index (χ2v) is 7.74. The van der Waals surface area contributed by atoms with Gasteiger partial charge in [-0.3, -0.25) is 9.59 Å². The maximum absolute atomic E-state index is 13.0. The van der Waals surface area contributed by atoms with Crippen molar-refractivity contribution < 1.29 is 23.1 Å². The number of hydrogen-bond acceptors (Lipinski definition) is 6. The van der Waals surface area contributed by atoms with Gasteiger partial charge in [-0.1, -0.05) is 0 Å². The number of thioether (sulfide) groups is 1. The maximum atomic E-state index is 13.0. The van der Waals surface area contributed by atoms with Crippen LogP contribution in [0.1, 0.15) is 12.1 Å². The summed E-state index contributed by atoms with van der Waals surface area (Å²) in [5.74, 6) is -1.11. The lowest BCUT2D eigenvalue weighted by Gasteiger charge is -2.16. The summed E-state index contributed by atoms with van der Waals surface area (Å²) in [6.45, 7) is 0.229. The quantitative estimate of drug-likeness (QED) is 0.432. The zero-order chi connectivity index (χ0) is 21.1. The van der Waals surface area contributed by atoms with Crippen molar-refractivity contribution in [2.75, 3.05) is 17.7 Å². The predicted molar refractivity (Wildman–Crippen MR) is 110 cm³/mol. The normalized spacial score (nSPS) is 16.1. The SMILES string of the molecule is CSc1ccc(N2CC(C(=O)OCc3coc(-c4ccc(F)cc4)n3)CC2=O)cc1. The fraction of sp³-hybridized carbons (Fsp3) is 0.227. The molecule has 0 saturated carbocycles. The molecule has 0 spiro atoms. The van der Waals surface area contributed by atoms with E-state index in [1.807, 2.05) is 30.5 Å². The number of carbonyl (C=O) groups excluding carboxylic acids is 2. The lowest BCUT2D eigenvalue weighted by atomic mass is 10.1. The zero-order valence-electron chi connectivity index (χ0n) is 16.2. The molecule has 8 heteroatoms. The van der Waals surface area contributed by atoms with Gasteiger partial charge in [-0.15, -0.1) is 11.8 Å². The Morgan fingerprint density at radius 3 is 2.67 bits per heavy atom. The fourth-order valence-corrected chi connectivity index (χ4v) is 3.65. The molecule has 1 aromatic heterocycles. The van der Waals surface area contributed by atoms with Gasteiger partial charge in [0.2, 0.25) is 11.8 Å². The lowest BCUT2D eigenvalue weighted by molar-refractivity contribution is -0.149. The molecule has 4 rings (SSSR count). The summed E-state index contributed by atoms with van der Waals surface area (Å²) in [7, 11) is 0. The van der Waals surface area contributed by atoms with Gasteiger partial charge in [0.25, 0.3) is 0 Å². The highest BCUT2D eigenvalue weighted by Crippen LogP contribution is 2.28. The summed E-state index contributed by atoms with van der Waals surface area (Å²) in [6, 6.07) is 13.4. The van der Waals surface area contributed by atoms with Crippen molar-refractivity contribution >= 4 is 29.3 Å². The van der Waals surface area contributed by atoms with E-state index >= 15 is 0 Å². The van der Waals surface area contributed by atoms with Crippen LogP contribution in [0, 0.1) is 11.7 Å². The minimum atomic E-state index is -0.527. The molecular weight excluding hydrogens is 407 g/mol. The summed E-state index contributed by atoms with van der Waals surface area (Å²) in [6.07, 6.45) is 3.49. The van der Waals surface area contributed by atoms with Gasteiger partial charge in [0, 0.05) is 29.1 Å². The molecule has 1 saturated heterocycles. The van der Waals surface area contributed by atoms with E-state index in [2.05, 4.69) is 4.98 Å². The summed E-state index contributed by atoms with van der Waals surface area (Å²) in [4.78, 5) is 31.8. The van der Waals surface area contributed by atoms with Crippen LogP contribution in [0.4, 0.5) is 10.1 Å². The average molecular weight is 426 g/mol. The predicted octanol–water partition coefficient (Wildman–Crippen LogP) is 4.30. The van der Waals surface area contributed by atoms with Crippen LogP contribution in [0.15, 0.2) is 64.1 Å². The minimum Gasteiger partial charge on any atom is -0.459 e. The van der Waals surface area contributed by atoms with E-state index in [-0.39, 0.29) is 31.3 Å². The molecule has 1 unspecified atom stereocenters. The highest BCUT2D eigenvalue weighted by Gasteiger charge is 2.36. The lowest BCUT2D eigenvalue weighted by Crippen LogP contribution is -2.26. The number of esters is 1. The fourth-order valence-electron chi connectivity index (χ4n) is 3.24. The Labute approximate surface area is 177 Å². The molecule has 0 aliphatic carbocycles. The van der Waals surface area contributed by atoms with Crippen molar-refractivity contribution in [3.05, 3.63) is 66.3 Å². The van der Waals surface area contributed by atoms with Crippen LogP contribution < -0.4 is 4.90 Å². The molecule has 1 aliphatic heterocycles. The van der Waals surface area contributed by atoms with Gasteiger partial charge in [-0.25, -0.2) is 9.37 Å². The van der Waals surface area contributed by atoms with Crippen LogP contribution in [0.25, 0.3) is 11.5 Å². The molecule has 0 bridgehead atoms. The maximum Gasteiger partial charge on any atom is 0.311 e. The molecule has 30 heavy (non-hydrogen) atoms. The van der Waals surface area contributed by atoms with Crippen molar-refractivity contribution in [2.24, 2.45) is 5.92 Å². The number of amides is 1. The summed E-state index contributed by atoms with van der Waals surface area (Å²) >= 11 is 1.62. The van der Waals surface area contributed by atoms with Crippen LogP contribution >= 0.6 is 11.8 Å². The Bertz CT molecular complexity index is 1050. The van der Waals surface area contributed by atoms with E-state index in [9.17, 15) is 14.0 Å². The number of nitrogens with zero attached hydrogens (tertiary/aromatic N) is 2. The first-order valence-corrected chi connectivity index (χ1v) is 10.6. The van der Waals surface area contributed by atoms with Crippen molar-refractivity contribution in [3.63, 3.8) is 0 Å². The Balaban J connectivity index is 1.34. The van der Waals surface area contributed by atoms with Crippen molar-refractivity contribution in [2.45, 2.75) is 17.9 Å². The van der Waals surface area contributed by atoms with E-state index in [4.69, 9.17) is 9.15 Å². The number of rotatable bonds is 6. The summed E-state index contributed by atoms with van der Waals surface area (Å²) in [5, 5.41) is 0. The molecule has 6 nitrogen and oxygen atoms in total. The van der Waals surface area contributed by atoms with Gasteiger partial charge in [0.15, 0.2) is 0 Å². The Hall–Kier alpha value is -3.13. The molecule has 1 atom stereocenters. The highest BCUT2D eigenvalue weighted by molar-refractivity contribution is 7.98. The Morgan fingerprint density at radius 2 is 1.97 bits per heavy atom. The third kappa shape index (κ3) is 4.38. The molecule has 2 heterocycles. The molecule has 0 radical (unpaired) electrons. The van der Waals surface area contributed by atoms with Gasteiger partial charge < -0.3 is 14.1 Å². The van der Waals surface area contributed by atoms with E-state index in [0.29, 0.717) is 17.1 Å². The first-order valence-electron chi connectivity index (χ1n) is 9.35. The van der Waals surface area contributed by atoms with Gasteiger partial charge >= 0.3 is 5.97 Å². The molecule has 1 amide bonds. The Morgan fingerprint density at radius 1 is 1.23 bits per heavy atom. The van der Waals surface area contributed by atoms with E-state index in [1.165, 1.54) is 18.4 Å². The topological polar surface area (TPSA) is 72.6 Å². The number of halogens is 1. The van der Waals surface area contributed by atoms with E-state index in [1.54, 1.807) is 28.8 Å². The zero-order valence-corrected chi connectivity index (χ0v) is 17.0. The second kappa shape index (κ2) is 8.71. The van der Waals surface area contributed by atoms with Crippen LogP contribution in [0.2, 0.25) is 0 Å². The van der Waals surface area contributed by atoms with Crippen molar-refractivity contribution in [3.8, 4) is 11.5 Å². The number of oxazole rings is 1. The number of carbonyl (C=O) groups is 2. The third-order valence-corrected chi connectivity index (χ3v) is 5.59. The first kappa shape index (κ1) is 20.2. The number of ether oxygens (including phenoxy) is 1. The van der Waals surface area contributed by atoms with Crippen molar-refractivity contribution in [1.29, 1.82) is 0 Å². The number of hydrogen-bond donors (Lipinski definition) is 0. The van der Waals surface area contributed by atoms with E-state index < -0.39 is 11.9 Å².